The monoisotopic (exact) mass is 291 g/mol. The molecule has 0 unspecified atom stereocenters. The topological polar surface area (TPSA) is 12.4 Å². The van der Waals surface area contributed by atoms with Crippen molar-refractivity contribution in [2.24, 2.45) is 4.99 Å². The fourth-order valence-electron chi connectivity index (χ4n) is 2.93. The van der Waals surface area contributed by atoms with Gasteiger partial charge in [-0.15, -0.1) is 0 Å². The fraction of sp³-hybridized carbons (Fsp3) is 0.286. The van der Waals surface area contributed by atoms with Gasteiger partial charge in [0.2, 0.25) is 0 Å². The third kappa shape index (κ3) is 4.42. The van der Waals surface area contributed by atoms with E-state index in [1.165, 1.54) is 39.8 Å². The Bertz CT molecular complexity index is 660. The van der Waals surface area contributed by atoms with Crippen molar-refractivity contribution < 1.29 is 0 Å². The van der Waals surface area contributed by atoms with Crippen LogP contribution in [0, 0.1) is 13.8 Å². The standard InChI is InChI=1S/C21H25N/c1-5-6-18-7-8-20(21(14-18)9-10-22-4)15-19-12-16(2)11-17(3)13-19/h7-14H,4-6,15H2,1-3H3/b10-9-. The maximum absolute atomic E-state index is 3.85. The van der Waals surface area contributed by atoms with E-state index in [0.29, 0.717) is 0 Å². The molecule has 0 heterocycles. The van der Waals surface area contributed by atoms with E-state index in [4.69, 9.17) is 0 Å². The summed E-state index contributed by atoms with van der Waals surface area (Å²) in [5.74, 6) is 0. The zero-order chi connectivity index (χ0) is 15.9. The molecule has 0 aromatic heterocycles. The molecule has 0 saturated carbocycles. The second-order valence-electron chi connectivity index (χ2n) is 5.95. The Morgan fingerprint density at radius 2 is 1.73 bits per heavy atom. The maximum Gasteiger partial charge on any atom is 0.0266 e. The van der Waals surface area contributed by atoms with Crippen molar-refractivity contribution in [3.63, 3.8) is 0 Å². The van der Waals surface area contributed by atoms with Crippen LogP contribution >= 0.6 is 0 Å². The summed E-state index contributed by atoms with van der Waals surface area (Å²) in [6.07, 6.45) is 7.07. The highest BCUT2D eigenvalue weighted by Crippen LogP contribution is 2.20. The maximum atomic E-state index is 3.85. The lowest BCUT2D eigenvalue weighted by Crippen LogP contribution is -1.95. The molecule has 2 aromatic rings. The van der Waals surface area contributed by atoms with Gasteiger partial charge in [0.25, 0.3) is 0 Å². The van der Waals surface area contributed by atoms with Gasteiger partial charge in [0.15, 0.2) is 0 Å². The molecule has 0 amide bonds. The van der Waals surface area contributed by atoms with Crippen molar-refractivity contribution in [2.75, 3.05) is 0 Å². The Morgan fingerprint density at radius 1 is 1.00 bits per heavy atom. The molecule has 0 aliphatic rings. The van der Waals surface area contributed by atoms with Gasteiger partial charge in [-0.1, -0.05) is 60.9 Å². The lowest BCUT2D eigenvalue weighted by Gasteiger charge is -2.10. The van der Waals surface area contributed by atoms with Gasteiger partial charge in [0.1, 0.15) is 0 Å². The van der Waals surface area contributed by atoms with Gasteiger partial charge >= 0.3 is 0 Å². The van der Waals surface area contributed by atoms with Crippen molar-refractivity contribution in [1.29, 1.82) is 0 Å². The first-order valence-corrected chi connectivity index (χ1v) is 7.93. The van der Waals surface area contributed by atoms with Gasteiger partial charge in [-0.2, -0.15) is 0 Å². The molecule has 0 N–H and O–H groups in total. The molecule has 0 aliphatic carbocycles. The summed E-state index contributed by atoms with van der Waals surface area (Å²) in [4.78, 5) is 3.85. The van der Waals surface area contributed by atoms with Crippen molar-refractivity contribution >= 4 is 12.8 Å². The molecule has 0 saturated heterocycles. The predicted molar refractivity (Wildman–Crippen MR) is 97.7 cm³/mol. The summed E-state index contributed by atoms with van der Waals surface area (Å²) in [6, 6.07) is 13.5. The van der Waals surface area contributed by atoms with Crippen molar-refractivity contribution in [1.82, 2.24) is 0 Å². The number of benzene rings is 2. The summed E-state index contributed by atoms with van der Waals surface area (Å²) in [6.45, 7) is 10.1. The van der Waals surface area contributed by atoms with Crippen LogP contribution in [0.2, 0.25) is 0 Å². The average molecular weight is 291 g/mol. The van der Waals surface area contributed by atoms with Gasteiger partial charge in [0.05, 0.1) is 0 Å². The third-order valence-corrected chi connectivity index (χ3v) is 3.78. The first-order chi connectivity index (χ1) is 10.6. The molecule has 2 rings (SSSR count). The van der Waals surface area contributed by atoms with Crippen LogP contribution < -0.4 is 0 Å². The largest absolute Gasteiger partial charge is 0.272 e. The molecule has 0 fully saturated rings. The number of aryl methyl sites for hydroxylation is 3. The van der Waals surface area contributed by atoms with E-state index >= 15 is 0 Å². The summed E-state index contributed by atoms with van der Waals surface area (Å²) in [7, 11) is 0. The van der Waals surface area contributed by atoms with Gasteiger partial charge < -0.3 is 0 Å². The summed E-state index contributed by atoms with van der Waals surface area (Å²) in [5.41, 5.74) is 7.98. The Hall–Kier alpha value is -2.15. The number of rotatable bonds is 6. The Kier molecular flexibility index (Phi) is 5.71. The Labute approximate surface area is 134 Å². The minimum absolute atomic E-state index is 0.950. The lowest BCUT2D eigenvalue weighted by atomic mass is 9.95. The molecular formula is C21H25N. The van der Waals surface area contributed by atoms with Gasteiger partial charge in [-0.25, -0.2) is 0 Å². The average Bonchev–Trinajstić information content (AvgIpc) is 2.46. The highest BCUT2D eigenvalue weighted by atomic mass is 14.6. The summed E-state index contributed by atoms with van der Waals surface area (Å²) >= 11 is 0. The molecule has 114 valence electrons. The summed E-state index contributed by atoms with van der Waals surface area (Å²) < 4.78 is 0. The SMILES string of the molecule is C=N/C=C\c1cc(CCC)ccc1Cc1cc(C)cc(C)c1. The number of hydrogen-bond acceptors (Lipinski definition) is 1. The number of aliphatic imine (C=N–C) groups is 1. The van der Waals surface area contributed by atoms with Crippen LogP contribution in [0.1, 0.15) is 46.7 Å². The van der Waals surface area contributed by atoms with E-state index in [0.717, 1.165) is 12.8 Å². The predicted octanol–water partition coefficient (Wildman–Crippen LogP) is 5.52. The minimum atomic E-state index is 0.950. The minimum Gasteiger partial charge on any atom is -0.272 e. The van der Waals surface area contributed by atoms with Crippen LogP contribution in [0.5, 0.6) is 0 Å². The van der Waals surface area contributed by atoms with E-state index in [-0.39, 0.29) is 0 Å². The molecule has 0 aliphatic heterocycles. The normalized spacial score (nSPS) is 11.0. The lowest BCUT2D eigenvalue weighted by molar-refractivity contribution is 0.919. The first-order valence-electron chi connectivity index (χ1n) is 7.93. The van der Waals surface area contributed by atoms with E-state index in [9.17, 15) is 0 Å². The van der Waals surface area contributed by atoms with Gasteiger partial charge in [-0.05, 0) is 61.7 Å². The van der Waals surface area contributed by atoms with Crippen LogP contribution in [0.25, 0.3) is 6.08 Å². The second-order valence-corrected chi connectivity index (χ2v) is 5.95. The molecule has 0 spiro atoms. The number of hydrogen-bond donors (Lipinski definition) is 0. The molecule has 0 bridgehead atoms. The zero-order valence-electron chi connectivity index (χ0n) is 13.9. The fourth-order valence-corrected chi connectivity index (χ4v) is 2.93. The highest BCUT2D eigenvalue weighted by Gasteiger charge is 2.04. The van der Waals surface area contributed by atoms with Crippen LogP contribution in [0.15, 0.2) is 47.6 Å². The van der Waals surface area contributed by atoms with Crippen LogP contribution in [0.4, 0.5) is 0 Å². The molecule has 0 radical (unpaired) electrons. The molecule has 22 heavy (non-hydrogen) atoms. The Morgan fingerprint density at radius 3 is 2.36 bits per heavy atom. The van der Waals surface area contributed by atoms with Crippen LogP contribution in [0.3, 0.4) is 0 Å². The van der Waals surface area contributed by atoms with E-state index in [1.54, 1.807) is 6.20 Å². The van der Waals surface area contributed by atoms with Gasteiger partial charge in [0, 0.05) is 6.20 Å². The first kappa shape index (κ1) is 16.2. The smallest absolute Gasteiger partial charge is 0.0266 e. The second kappa shape index (κ2) is 7.74. The van der Waals surface area contributed by atoms with E-state index in [2.05, 4.69) is 75.0 Å². The molecular weight excluding hydrogens is 266 g/mol. The van der Waals surface area contributed by atoms with Crippen molar-refractivity contribution in [3.05, 3.63) is 76.0 Å². The third-order valence-electron chi connectivity index (χ3n) is 3.78. The summed E-state index contributed by atoms with van der Waals surface area (Å²) in [5, 5.41) is 0. The quantitative estimate of drug-likeness (QED) is 0.622. The molecule has 1 nitrogen and oxygen atoms in total. The van der Waals surface area contributed by atoms with E-state index in [1.807, 2.05) is 0 Å². The number of nitrogens with zero attached hydrogens (tertiary/aromatic N) is 1. The van der Waals surface area contributed by atoms with Crippen LogP contribution in [-0.4, -0.2) is 6.72 Å². The van der Waals surface area contributed by atoms with Crippen molar-refractivity contribution in [3.8, 4) is 0 Å². The Balaban J connectivity index is 2.35. The molecule has 2 aromatic carbocycles. The molecule has 0 atom stereocenters. The zero-order valence-corrected chi connectivity index (χ0v) is 13.9. The van der Waals surface area contributed by atoms with Gasteiger partial charge in [-0.3, -0.25) is 4.99 Å². The van der Waals surface area contributed by atoms with Crippen molar-refractivity contribution in [2.45, 2.75) is 40.0 Å². The molecule has 1 heteroatoms. The van der Waals surface area contributed by atoms with Crippen LogP contribution in [-0.2, 0) is 12.8 Å². The van der Waals surface area contributed by atoms with E-state index < -0.39 is 0 Å². The highest BCUT2D eigenvalue weighted by molar-refractivity contribution is 5.57.